The second kappa shape index (κ2) is 6.35. The molecule has 5 nitrogen and oxygen atoms in total. The molecule has 2 rings (SSSR count). The van der Waals surface area contributed by atoms with E-state index < -0.39 is 0 Å². The zero-order valence-corrected chi connectivity index (χ0v) is 13.0. The lowest BCUT2D eigenvalue weighted by Gasteiger charge is -2.24. The number of pyridine rings is 1. The fraction of sp³-hybridized carbons (Fsp3) is 0.312. The van der Waals surface area contributed by atoms with Crippen LogP contribution < -0.4 is 19.1 Å². The number of aryl methyl sites for hydroxylation is 1. The Kier molecular flexibility index (Phi) is 4.52. The van der Waals surface area contributed by atoms with Crippen molar-refractivity contribution in [2.75, 3.05) is 33.3 Å². The number of ether oxygens (including phenoxy) is 3. The highest BCUT2D eigenvalue weighted by Gasteiger charge is 2.20. The van der Waals surface area contributed by atoms with Crippen LogP contribution in [0.3, 0.4) is 0 Å². The van der Waals surface area contributed by atoms with Gasteiger partial charge in [-0.3, -0.25) is 0 Å². The number of hydrogen-bond acceptors (Lipinski definition) is 5. The molecule has 0 saturated carbocycles. The molecule has 0 atom stereocenters. The molecule has 0 spiro atoms. The second-order valence-corrected chi connectivity index (χ2v) is 4.56. The Balaban J connectivity index is 2.56. The van der Waals surface area contributed by atoms with Crippen molar-refractivity contribution in [1.29, 1.82) is 0 Å². The van der Waals surface area contributed by atoms with Crippen molar-refractivity contribution < 1.29 is 14.2 Å². The monoisotopic (exact) mass is 288 g/mol. The summed E-state index contributed by atoms with van der Waals surface area (Å²) in [5.74, 6) is 2.68. The summed E-state index contributed by atoms with van der Waals surface area (Å²) in [5.41, 5.74) is 1.94. The minimum atomic E-state index is 0.568. The Hall–Kier alpha value is -2.43. The molecule has 0 unspecified atom stereocenters. The van der Waals surface area contributed by atoms with Crippen LogP contribution in [0.15, 0.2) is 30.5 Å². The predicted molar refractivity (Wildman–Crippen MR) is 83.1 cm³/mol. The van der Waals surface area contributed by atoms with Gasteiger partial charge in [-0.05, 0) is 30.7 Å². The Morgan fingerprint density at radius 1 is 0.952 bits per heavy atom. The van der Waals surface area contributed by atoms with E-state index in [2.05, 4.69) is 4.98 Å². The third-order valence-electron chi connectivity index (χ3n) is 3.34. The Morgan fingerprint density at radius 3 is 2.24 bits per heavy atom. The number of anilines is 2. The van der Waals surface area contributed by atoms with Gasteiger partial charge >= 0.3 is 0 Å². The minimum absolute atomic E-state index is 0.568. The number of benzene rings is 1. The van der Waals surface area contributed by atoms with E-state index in [0.717, 1.165) is 17.1 Å². The highest BCUT2D eigenvalue weighted by atomic mass is 16.5. The van der Waals surface area contributed by atoms with Gasteiger partial charge in [-0.15, -0.1) is 0 Å². The standard InChI is InChI=1S/C16H20N2O3/c1-11-7-6-10-17-16(11)18(2)12-8-9-13(19-3)15(21-5)14(12)20-4/h6-10H,1-5H3. The van der Waals surface area contributed by atoms with E-state index in [1.54, 1.807) is 27.5 Å². The van der Waals surface area contributed by atoms with Crippen molar-refractivity contribution in [3.8, 4) is 17.2 Å². The van der Waals surface area contributed by atoms with Gasteiger partial charge < -0.3 is 19.1 Å². The Labute approximate surface area is 125 Å². The summed E-state index contributed by atoms with van der Waals surface area (Å²) in [6.07, 6.45) is 1.77. The lowest BCUT2D eigenvalue weighted by Crippen LogP contribution is -2.14. The van der Waals surface area contributed by atoms with Gasteiger partial charge in [0.15, 0.2) is 11.5 Å². The molecule has 0 fully saturated rings. The fourth-order valence-electron chi connectivity index (χ4n) is 2.29. The first-order chi connectivity index (χ1) is 10.1. The molecule has 5 heteroatoms. The first kappa shape index (κ1) is 15.0. The summed E-state index contributed by atoms with van der Waals surface area (Å²) in [6, 6.07) is 7.71. The lowest BCUT2D eigenvalue weighted by atomic mass is 10.2. The van der Waals surface area contributed by atoms with Gasteiger partial charge in [-0.1, -0.05) is 6.07 Å². The first-order valence-electron chi connectivity index (χ1n) is 6.58. The van der Waals surface area contributed by atoms with Crippen molar-refractivity contribution in [2.45, 2.75) is 6.92 Å². The van der Waals surface area contributed by atoms with Crippen LogP contribution in [0.25, 0.3) is 0 Å². The largest absolute Gasteiger partial charge is 0.493 e. The Morgan fingerprint density at radius 2 is 1.67 bits per heavy atom. The third-order valence-corrected chi connectivity index (χ3v) is 3.34. The van der Waals surface area contributed by atoms with Crippen LogP contribution in [0.2, 0.25) is 0 Å². The first-order valence-corrected chi connectivity index (χ1v) is 6.58. The number of aromatic nitrogens is 1. The molecule has 112 valence electrons. The molecule has 1 aromatic heterocycles. The molecule has 0 aliphatic heterocycles. The van der Waals surface area contributed by atoms with Crippen LogP contribution in [-0.2, 0) is 0 Å². The molecule has 0 bridgehead atoms. The molecule has 2 aromatic rings. The predicted octanol–water partition coefficient (Wildman–Crippen LogP) is 3.18. The van der Waals surface area contributed by atoms with Gasteiger partial charge in [-0.25, -0.2) is 4.98 Å². The van der Waals surface area contributed by atoms with Crippen LogP contribution in [0, 0.1) is 6.92 Å². The van der Waals surface area contributed by atoms with Gasteiger partial charge in [0, 0.05) is 13.2 Å². The van der Waals surface area contributed by atoms with E-state index in [1.807, 2.05) is 43.1 Å². The Bertz CT molecular complexity index is 629. The van der Waals surface area contributed by atoms with Crippen LogP contribution in [0.5, 0.6) is 17.2 Å². The van der Waals surface area contributed by atoms with Crippen molar-refractivity contribution in [1.82, 2.24) is 4.98 Å². The molecule has 1 heterocycles. The smallest absolute Gasteiger partial charge is 0.205 e. The quantitative estimate of drug-likeness (QED) is 0.845. The molecule has 0 amide bonds. The molecule has 1 aromatic carbocycles. The lowest BCUT2D eigenvalue weighted by molar-refractivity contribution is 0.325. The summed E-state index contributed by atoms with van der Waals surface area (Å²) in [7, 11) is 6.75. The molecule has 0 saturated heterocycles. The molecule has 0 radical (unpaired) electrons. The molecule has 0 aliphatic carbocycles. The average molecular weight is 288 g/mol. The highest BCUT2D eigenvalue weighted by Crippen LogP contribution is 2.45. The normalized spacial score (nSPS) is 10.1. The van der Waals surface area contributed by atoms with Gasteiger partial charge in [0.25, 0.3) is 0 Å². The van der Waals surface area contributed by atoms with Crippen molar-refractivity contribution >= 4 is 11.5 Å². The van der Waals surface area contributed by atoms with Gasteiger partial charge in [-0.2, -0.15) is 0 Å². The number of rotatable bonds is 5. The van der Waals surface area contributed by atoms with Crippen LogP contribution in [0.4, 0.5) is 11.5 Å². The summed E-state index contributed by atoms with van der Waals surface area (Å²) in [5, 5.41) is 0. The summed E-state index contributed by atoms with van der Waals surface area (Å²) < 4.78 is 16.2. The van der Waals surface area contributed by atoms with Gasteiger partial charge in [0.2, 0.25) is 5.75 Å². The number of hydrogen-bond donors (Lipinski definition) is 0. The SMILES string of the molecule is COc1ccc(N(C)c2ncccc2C)c(OC)c1OC. The van der Waals surface area contributed by atoms with Crippen molar-refractivity contribution in [3.05, 3.63) is 36.0 Å². The van der Waals surface area contributed by atoms with Crippen molar-refractivity contribution in [3.63, 3.8) is 0 Å². The summed E-state index contributed by atoms with van der Waals surface area (Å²) in [4.78, 5) is 6.39. The maximum atomic E-state index is 5.52. The van der Waals surface area contributed by atoms with Crippen LogP contribution >= 0.6 is 0 Å². The molecule has 0 aliphatic rings. The van der Waals surface area contributed by atoms with E-state index in [0.29, 0.717) is 17.2 Å². The van der Waals surface area contributed by atoms with Crippen LogP contribution in [-0.4, -0.2) is 33.4 Å². The summed E-state index contributed by atoms with van der Waals surface area (Å²) in [6.45, 7) is 2.02. The number of methoxy groups -OCH3 is 3. The maximum absolute atomic E-state index is 5.52. The van der Waals surface area contributed by atoms with Gasteiger partial charge in [0.05, 0.1) is 27.0 Å². The molecule has 0 N–H and O–H groups in total. The van der Waals surface area contributed by atoms with E-state index in [-0.39, 0.29) is 0 Å². The third kappa shape index (κ3) is 2.72. The van der Waals surface area contributed by atoms with E-state index >= 15 is 0 Å². The minimum Gasteiger partial charge on any atom is -0.493 e. The summed E-state index contributed by atoms with van der Waals surface area (Å²) >= 11 is 0. The second-order valence-electron chi connectivity index (χ2n) is 4.56. The number of nitrogens with zero attached hydrogens (tertiary/aromatic N) is 2. The maximum Gasteiger partial charge on any atom is 0.205 e. The van der Waals surface area contributed by atoms with E-state index in [9.17, 15) is 0 Å². The molecular formula is C16H20N2O3. The zero-order chi connectivity index (χ0) is 15.4. The van der Waals surface area contributed by atoms with E-state index in [1.165, 1.54) is 0 Å². The highest BCUT2D eigenvalue weighted by molar-refractivity contribution is 5.74. The fourth-order valence-corrected chi connectivity index (χ4v) is 2.29. The van der Waals surface area contributed by atoms with E-state index in [4.69, 9.17) is 14.2 Å². The average Bonchev–Trinajstić information content (AvgIpc) is 2.52. The zero-order valence-electron chi connectivity index (χ0n) is 13.0. The molecule has 21 heavy (non-hydrogen) atoms. The molecular weight excluding hydrogens is 268 g/mol. The van der Waals surface area contributed by atoms with Crippen LogP contribution in [0.1, 0.15) is 5.56 Å². The van der Waals surface area contributed by atoms with Gasteiger partial charge in [0.1, 0.15) is 5.82 Å². The topological polar surface area (TPSA) is 43.8 Å². The van der Waals surface area contributed by atoms with Crippen molar-refractivity contribution in [2.24, 2.45) is 0 Å².